The Morgan fingerprint density at radius 2 is 1.90 bits per heavy atom. The SMILES string of the molecule is Cc1cccc(N2CC[NH+]([C@@H](c3nnnn3Cc3cccs3)C(C)C)CC2)c1C. The average Bonchev–Trinajstić information content (AvgIpc) is 3.38. The number of aryl methyl sites for hydroxylation is 1. The predicted octanol–water partition coefficient (Wildman–Crippen LogP) is 2.50. The first-order valence-electron chi connectivity index (χ1n) is 10.5. The van der Waals surface area contributed by atoms with Gasteiger partial charge >= 0.3 is 0 Å². The largest absolute Gasteiger partial charge is 0.360 e. The number of thiophene rings is 1. The fourth-order valence-electron chi connectivity index (χ4n) is 4.47. The van der Waals surface area contributed by atoms with E-state index in [-0.39, 0.29) is 0 Å². The van der Waals surface area contributed by atoms with E-state index in [1.54, 1.807) is 16.2 Å². The molecule has 0 amide bonds. The van der Waals surface area contributed by atoms with Gasteiger partial charge in [-0.05, 0) is 52.9 Å². The van der Waals surface area contributed by atoms with Crippen LogP contribution in [0, 0.1) is 19.8 Å². The van der Waals surface area contributed by atoms with Crippen molar-refractivity contribution >= 4 is 17.0 Å². The number of quaternary nitrogens is 1. The van der Waals surface area contributed by atoms with Crippen LogP contribution in [0.4, 0.5) is 5.69 Å². The molecular weight excluding hydrogens is 380 g/mol. The van der Waals surface area contributed by atoms with Crippen LogP contribution in [0.5, 0.6) is 0 Å². The lowest BCUT2D eigenvalue weighted by Gasteiger charge is -2.39. The van der Waals surface area contributed by atoms with E-state index < -0.39 is 0 Å². The van der Waals surface area contributed by atoms with Gasteiger partial charge in [0.05, 0.1) is 32.7 Å². The fourth-order valence-corrected chi connectivity index (χ4v) is 5.16. The van der Waals surface area contributed by atoms with Crippen LogP contribution in [0.2, 0.25) is 0 Å². The highest BCUT2D eigenvalue weighted by Crippen LogP contribution is 2.23. The summed E-state index contributed by atoms with van der Waals surface area (Å²) < 4.78 is 2.00. The summed E-state index contributed by atoms with van der Waals surface area (Å²) in [5.74, 6) is 1.49. The van der Waals surface area contributed by atoms with Crippen molar-refractivity contribution in [1.29, 1.82) is 0 Å². The van der Waals surface area contributed by atoms with Crippen LogP contribution in [0.3, 0.4) is 0 Å². The van der Waals surface area contributed by atoms with E-state index >= 15 is 0 Å². The molecule has 3 aromatic rings. The monoisotopic (exact) mass is 411 g/mol. The number of hydrogen-bond acceptors (Lipinski definition) is 5. The van der Waals surface area contributed by atoms with Crippen LogP contribution in [-0.2, 0) is 6.54 Å². The summed E-state index contributed by atoms with van der Waals surface area (Å²) in [7, 11) is 0. The molecule has 1 aliphatic rings. The Labute approximate surface area is 177 Å². The van der Waals surface area contributed by atoms with E-state index in [0.717, 1.165) is 38.5 Å². The molecule has 3 heterocycles. The summed E-state index contributed by atoms with van der Waals surface area (Å²) in [5, 5.41) is 14.9. The van der Waals surface area contributed by atoms with E-state index in [1.807, 2.05) is 4.68 Å². The van der Waals surface area contributed by atoms with Crippen molar-refractivity contribution in [3.05, 3.63) is 57.5 Å². The highest BCUT2D eigenvalue weighted by molar-refractivity contribution is 7.09. The Kier molecular flexibility index (Phi) is 5.96. The molecule has 154 valence electrons. The minimum Gasteiger partial charge on any atom is -0.360 e. The molecule has 0 aliphatic carbocycles. The first-order valence-corrected chi connectivity index (χ1v) is 11.4. The molecule has 1 aliphatic heterocycles. The summed E-state index contributed by atoms with van der Waals surface area (Å²) in [5.41, 5.74) is 4.15. The van der Waals surface area contributed by atoms with Crippen LogP contribution in [0.15, 0.2) is 35.7 Å². The van der Waals surface area contributed by atoms with Gasteiger partial charge in [-0.2, -0.15) is 0 Å². The molecule has 6 nitrogen and oxygen atoms in total. The standard InChI is InChI=1S/C22H30N6S/c1-16(2)21(22-23-24-25-28(22)15-19-8-6-14-29-19)27-12-10-26(11-13-27)20-9-5-7-17(3)18(20)4/h5-9,14,16,21H,10-13,15H2,1-4H3/p+1/t21-/m1/s1. The third-order valence-electron chi connectivity index (χ3n) is 6.15. The van der Waals surface area contributed by atoms with E-state index in [4.69, 9.17) is 0 Å². The van der Waals surface area contributed by atoms with Gasteiger partial charge in [-0.1, -0.05) is 32.0 Å². The molecule has 1 N–H and O–H groups in total. The van der Waals surface area contributed by atoms with Crippen molar-refractivity contribution in [3.8, 4) is 0 Å². The van der Waals surface area contributed by atoms with E-state index in [9.17, 15) is 0 Å². The lowest BCUT2D eigenvalue weighted by atomic mass is 10.00. The van der Waals surface area contributed by atoms with Gasteiger partial charge in [0.2, 0.25) is 5.82 Å². The first kappa shape index (κ1) is 20.0. The van der Waals surface area contributed by atoms with Crippen molar-refractivity contribution in [1.82, 2.24) is 20.2 Å². The molecule has 0 unspecified atom stereocenters. The van der Waals surface area contributed by atoms with Crippen LogP contribution in [-0.4, -0.2) is 46.4 Å². The molecule has 1 atom stereocenters. The van der Waals surface area contributed by atoms with Crippen molar-refractivity contribution in [2.45, 2.75) is 40.3 Å². The highest BCUT2D eigenvalue weighted by atomic mass is 32.1. The molecular formula is C22H31N6S+. The fraction of sp³-hybridized carbons (Fsp3) is 0.500. The summed E-state index contributed by atoms with van der Waals surface area (Å²) in [6.45, 7) is 14.1. The maximum absolute atomic E-state index is 4.47. The zero-order valence-corrected chi connectivity index (χ0v) is 18.6. The van der Waals surface area contributed by atoms with Crippen LogP contribution in [0.1, 0.15) is 41.7 Å². The topological polar surface area (TPSA) is 51.3 Å². The van der Waals surface area contributed by atoms with Crippen LogP contribution < -0.4 is 9.80 Å². The molecule has 4 rings (SSSR count). The molecule has 0 spiro atoms. The Balaban J connectivity index is 1.50. The van der Waals surface area contributed by atoms with Gasteiger partial charge in [0.25, 0.3) is 0 Å². The van der Waals surface area contributed by atoms with Gasteiger partial charge in [0.15, 0.2) is 6.04 Å². The Bertz CT molecular complexity index is 925. The minimum absolute atomic E-state index is 0.311. The smallest absolute Gasteiger partial charge is 0.209 e. The van der Waals surface area contributed by atoms with Gasteiger partial charge < -0.3 is 9.80 Å². The lowest BCUT2D eigenvalue weighted by Crippen LogP contribution is -3.15. The lowest BCUT2D eigenvalue weighted by molar-refractivity contribution is -0.937. The molecule has 1 aromatic carbocycles. The van der Waals surface area contributed by atoms with E-state index in [1.165, 1.54) is 21.7 Å². The number of tetrazole rings is 1. The third-order valence-corrected chi connectivity index (χ3v) is 7.01. The molecule has 0 bridgehead atoms. The second kappa shape index (κ2) is 8.63. The highest BCUT2D eigenvalue weighted by Gasteiger charge is 2.35. The second-order valence-electron chi connectivity index (χ2n) is 8.36. The summed E-state index contributed by atoms with van der Waals surface area (Å²) >= 11 is 1.76. The molecule has 1 fully saturated rings. The van der Waals surface area contributed by atoms with Crippen molar-refractivity contribution < 1.29 is 4.90 Å². The Hall–Kier alpha value is -2.25. The third kappa shape index (κ3) is 4.21. The Morgan fingerprint density at radius 3 is 2.59 bits per heavy atom. The first-order chi connectivity index (χ1) is 14.0. The average molecular weight is 412 g/mol. The maximum Gasteiger partial charge on any atom is 0.209 e. The molecule has 7 heteroatoms. The number of rotatable bonds is 6. The van der Waals surface area contributed by atoms with Crippen molar-refractivity contribution in [3.63, 3.8) is 0 Å². The summed E-state index contributed by atoms with van der Waals surface area (Å²) in [4.78, 5) is 5.41. The zero-order valence-electron chi connectivity index (χ0n) is 17.8. The normalized spacial score (nSPS) is 16.5. The van der Waals surface area contributed by atoms with Gasteiger partial charge in [-0.25, -0.2) is 4.68 Å². The summed E-state index contributed by atoms with van der Waals surface area (Å²) in [6, 6.07) is 11.2. The molecule has 29 heavy (non-hydrogen) atoms. The molecule has 2 aromatic heterocycles. The van der Waals surface area contributed by atoms with Gasteiger partial charge in [0, 0.05) is 16.5 Å². The minimum atomic E-state index is 0.311. The number of anilines is 1. The molecule has 0 saturated carbocycles. The zero-order chi connectivity index (χ0) is 20.4. The molecule has 1 saturated heterocycles. The number of nitrogens with zero attached hydrogens (tertiary/aromatic N) is 5. The van der Waals surface area contributed by atoms with Gasteiger partial charge in [-0.3, -0.25) is 0 Å². The number of hydrogen-bond donors (Lipinski definition) is 1. The van der Waals surface area contributed by atoms with Crippen LogP contribution in [0.25, 0.3) is 0 Å². The van der Waals surface area contributed by atoms with E-state index in [2.05, 4.69) is 83.8 Å². The number of aromatic nitrogens is 4. The van der Waals surface area contributed by atoms with Gasteiger partial charge in [-0.15, -0.1) is 16.4 Å². The maximum atomic E-state index is 4.47. The predicted molar refractivity (Wildman–Crippen MR) is 118 cm³/mol. The second-order valence-corrected chi connectivity index (χ2v) is 9.39. The number of nitrogens with one attached hydrogen (secondary N) is 1. The van der Waals surface area contributed by atoms with Gasteiger partial charge in [0.1, 0.15) is 0 Å². The van der Waals surface area contributed by atoms with Crippen molar-refractivity contribution in [2.24, 2.45) is 5.92 Å². The molecule has 0 radical (unpaired) electrons. The van der Waals surface area contributed by atoms with E-state index in [0.29, 0.717) is 12.0 Å². The number of benzene rings is 1. The van der Waals surface area contributed by atoms with Crippen LogP contribution >= 0.6 is 11.3 Å². The quantitative estimate of drug-likeness (QED) is 0.677. The number of piperazine rings is 1. The van der Waals surface area contributed by atoms with Crippen molar-refractivity contribution in [2.75, 3.05) is 31.1 Å². The Morgan fingerprint density at radius 1 is 1.10 bits per heavy atom. The summed E-state index contributed by atoms with van der Waals surface area (Å²) in [6.07, 6.45) is 0.